The number of ether oxygens (including phenoxy) is 2. The molecule has 6 N–H and O–H groups in total. The second-order valence-electron chi connectivity index (χ2n) is 7.20. The molecular formula is C25H26N4O5. The van der Waals surface area contributed by atoms with Crippen LogP contribution in [0.1, 0.15) is 28.4 Å². The van der Waals surface area contributed by atoms with Crippen molar-refractivity contribution in [3.8, 4) is 11.5 Å². The summed E-state index contributed by atoms with van der Waals surface area (Å²) < 4.78 is 11.1. The predicted octanol–water partition coefficient (Wildman–Crippen LogP) is 3.70. The van der Waals surface area contributed by atoms with Gasteiger partial charge in [0.05, 0.1) is 12.2 Å². The lowest BCUT2D eigenvalue weighted by atomic mass is 10.1. The minimum atomic E-state index is -1.09. The summed E-state index contributed by atoms with van der Waals surface area (Å²) in [6, 6.07) is 19.0. The maximum absolute atomic E-state index is 12.9. The van der Waals surface area contributed by atoms with E-state index in [1.165, 1.54) is 0 Å². The van der Waals surface area contributed by atoms with E-state index in [2.05, 4.69) is 10.6 Å². The number of carboxylic acids is 1. The second-order valence-corrected chi connectivity index (χ2v) is 7.20. The van der Waals surface area contributed by atoms with Crippen LogP contribution in [-0.2, 0) is 11.3 Å². The maximum Gasteiger partial charge on any atom is 0.341 e. The van der Waals surface area contributed by atoms with E-state index in [1.807, 2.05) is 6.92 Å². The summed E-state index contributed by atoms with van der Waals surface area (Å²) in [6.07, 6.45) is 0. The largest absolute Gasteiger partial charge is 0.490 e. The lowest BCUT2D eigenvalue weighted by Crippen LogP contribution is -2.16. The molecule has 9 heteroatoms. The Morgan fingerprint density at radius 1 is 1.00 bits per heavy atom. The number of nitrogens with two attached hydrogens (primary N) is 1. The second kappa shape index (κ2) is 11.4. The molecule has 0 fully saturated rings. The van der Waals surface area contributed by atoms with Crippen LogP contribution in [0.15, 0.2) is 66.7 Å². The number of amidine groups is 1. The van der Waals surface area contributed by atoms with Gasteiger partial charge in [-0.1, -0.05) is 24.3 Å². The van der Waals surface area contributed by atoms with Crippen LogP contribution < -0.4 is 25.8 Å². The molecule has 3 aromatic rings. The van der Waals surface area contributed by atoms with Crippen molar-refractivity contribution in [2.24, 2.45) is 5.73 Å². The van der Waals surface area contributed by atoms with E-state index in [1.54, 1.807) is 66.7 Å². The monoisotopic (exact) mass is 462 g/mol. The third-order valence-electron chi connectivity index (χ3n) is 4.80. The summed E-state index contributed by atoms with van der Waals surface area (Å²) in [7, 11) is 0. The third-order valence-corrected chi connectivity index (χ3v) is 4.80. The zero-order valence-corrected chi connectivity index (χ0v) is 18.6. The highest BCUT2D eigenvalue weighted by molar-refractivity contribution is 6.08. The normalized spacial score (nSPS) is 10.3. The highest BCUT2D eigenvalue weighted by Crippen LogP contribution is 2.32. The van der Waals surface area contributed by atoms with Crippen molar-refractivity contribution in [1.82, 2.24) is 0 Å². The average Bonchev–Trinajstić information content (AvgIpc) is 2.82. The molecule has 9 nitrogen and oxygen atoms in total. The zero-order valence-electron chi connectivity index (χ0n) is 18.6. The number of hydrogen-bond donors (Lipinski definition) is 5. The van der Waals surface area contributed by atoms with Gasteiger partial charge in [-0.25, -0.2) is 4.79 Å². The van der Waals surface area contributed by atoms with Crippen molar-refractivity contribution in [1.29, 1.82) is 5.41 Å². The fraction of sp³-hybridized carbons (Fsp3) is 0.160. The number of anilines is 2. The van der Waals surface area contributed by atoms with Gasteiger partial charge in [0.2, 0.25) is 0 Å². The Kier molecular flexibility index (Phi) is 8.07. The third kappa shape index (κ3) is 6.26. The highest BCUT2D eigenvalue weighted by Gasteiger charge is 2.15. The van der Waals surface area contributed by atoms with Gasteiger partial charge in [0.25, 0.3) is 5.91 Å². The van der Waals surface area contributed by atoms with Crippen LogP contribution in [0.2, 0.25) is 0 Å². The van der Waals surface area contributed by atoms with E-state index >= 15 is 0 Å². The first-order chi connectivity index (χ1) is 16.4. The lowest BCUT2D eigenvalue weighted by Gasteiger charge is -2.17. The molecule has 3 aromatic carbocycles. The van der Waals surface area contributed by atoms with Gasteiger partial charge in [-0.2, -0.15) is 0 Å². The summed E-state index contributed by atoms with van der Waals surface area (Å²) in [5.74, 6) is -0.671. The SMILES string of the molecule is CCOc1cccc(CNc2ccccc2C(=O)Nc2ccc(C(=N)N)cc2)c1OCC(=O)O. The maximum atomic E-state index is 12.9. The van der Waals surface area contributed by atoms with Gasteiger partial charge in [0.15, 0.2) is 18.1 Å². The summed E-state index contributed by atoms with van der Waals surface area (Å²) in [6.45, 7) is 2.00. The molecule has 0 unspecified atom stereocenters. The van der Waals surface area contributed by atoms with Crippen LogP contribution in [0, 0.1) is 5.41 Å². The molecule has 0 aliphatic heterocycles. The van der Waals surface area contributed by atoms with Gasteiger partial charge in [-0.3, -0.25) is 10.2 Å². The molecule has 0 atom stereocenters. The van der Waals surface area contributed by atoms with E-state index in [-0.39, 0.29) is 18.3 Å². The Labute approximate surface area is 197 Å². The molecule has 34 heavy (non-hydrogen) atoms. The van der Waals surface area contributed by atoms with E-state index < -0.39 is 12.6 Å². The molecule has 0 saturated heterocycles. The predicted molar refractivity (Wildman–Crippen MR) is 130 cm³/mol. The molecule has 0 aliphatic carbocycles. The number of carbonyl (C=O) groups is 2. The molecule has 1 amide bonds. The van der Waals surface area contributed by atoms with Crippen molar-refractivity contribution in [3.63, 3.8) is 0 Å². The average molecular weight is 463 g/mol. The number of hydrogen-bond acceptors (Lipinski definition) is 6. The number of aliphatic carboxylic acids is 1. The number of nitrogen functional groups attached to an aromatic ring is 1. The Morgan fingerprint density at radius 3 is 2.41 bits per heavy atom. The highest BCUT2D eigenvalue weighted by atomic mass is 16.5. The number of para-hydroxylation sites is 2. The Hall–Kier alpha value is -4.53. The van der Waals surface area contributed by atoms with Crippen LogP contribution >= 0.6 is 0 Å². The van der Waals surface area contributed by atoms with E-state index in [0.29, 0.717) is 46.2 Å². The number of carbonyl (C=O) groups excluding carboxylic acids is 1. The number of amides is 1. The number of benzene rings is 3. The van der Waals surface area contributed by atoms with Crippen molar-refractivity contribution in [3.05, 3.63) is 83.4 Å². The van der Waals surface area contributed by atoms with Crippen LogP contribution in [0.3, 0.4) is 0 Å². The molecule has 3 rings (SSSR count). The van der Waals surface area contributed by atoms with Crippen LogP contribution in [0.25, 0.3) is 0 Å². The summed E-state index contributed by atoms with van der Waals surface area (Å²) in [5, 5.41) is 22.5. The van der Waals surface area contributed by atoms with Gasteiger partial charge in [-0.15, -0.1) is 0 Å². The number of rotatable bonds is 11. The molecular weight excluding hydrogens is 436 g/mol. The standard InChI is InChI=1S/C25H26N4O5/c1-2-33-21-9-5-6-17(23(21)34-15-22(30)31)14-28-20-8-4-3-7-19(20)25(32)29-18-12-10-16(11-13-18)24(26)27/h3-13,28H,2,14-15H2,1H3,(H3,26,27)(H,29,32)(H,30,31). The van der Waals surface area contributed by atoms with E-state index in [0.717, 1.165) is 0 Å². The fourth-order valence-corrected chi connectivity index (χ4v) is 3.22. The van der Waals surface area contributed by atoms with Crippen LogP contribution in [-0.4, -0.2) is 36.0 Å². The van der Waals surface area contributed by atoms with Gasteiger partial charge < -0.3 is 30.9 Å². The first-order valence-electron chi connectivity index (χ1n) is 10.6. The smallest absolute Gasteiger partial charge is 0.341 e. The first kappa shape index (κ1) is 24.1. The van der Waals surface area contributed by atoms with Crippen LogP contribution in [0.5, 0.6) is 11.5 Å². The molecule has 0 aliphatic rings. The van der Waals surface area contributed by atoms with Gasteiger partial charge in [-0.05, 0) is 49.4 Å². The van der Waals surface area contributed by atoms with Crippen molar-refractivity contribution >= 4 is 29.1 Å². The fourth-order valence-electron chi connectivity index (χ4n) is 3.22. The minimum Gasteiger partial charge on any atom is -0.490 e. The molecule has 0 bridgehead atoms. The molecule has 0 aromatic heterocycles. The summed E-state index contributed by atoms with van der Waals surface area (Å²) >= 11 is 0. The molecule has 0 heterocycles. The van der Waals surface area contributed by atoms with Gasteiger partial charge in [0.1, 0.15) is 5.84 Å². The zero-order chi connectivity index (χ0) is 24.5. The Balaban J connectivity index is 1.77. The topological polar surface area (TPSA) is 147 Å². The van der Waals surface area contributed by atoms with Gasteiger partial charge in [0, 0.05) is 29.0 Å². The molecule has 0 spiro atoms. The van der Waals surface area contributed by atoms with Crippen molar-refractivity contribution in [2.45, 2.75) is 13.5 Å². The van der Waals surface area contributed by atoms with E-state index in [4.69, 9.17) is 25.7 Å². The number of nitrogens with one attached hydrogen (secondary N) is 3. The molecule has 0 saturated carbocycles. The van der Waals surface area contributed by atoms with Crippen LogP contribution in [0.4, 0.5) is 11.4 Å². The number of carboxylic acid groups (broad SMARTS) is 1. The Bertz CT molecular complexity index is 1180. The first-order valence-corrected chi connectivity index (χ1v) is 10.6. The van der Waals surface area contributed by atoms with Crippen molar-refractivity contribution in [2.75, 3.05) is 23.8 Å². The van der Waals surface area contributed by atoms with Gasteiger partial charge >= 0.3 is 5.97 Å². The summed E-state index contributed by atoms with van der Waals surface area (Å²) in [5.41, 5.74) is 8.30. The molecule has 176 valence electrons. The van der Waals surface area contributed by atoms with Crippen molar-refractivity contribution < 1.29 is 24.2 Å². The Morgan fingerprint density at radius 2 is 1.74 bits per heavy atom. The summed E-state index contributed by atoms with van der Waals surface area (Å²) in [4.78, 5) is 23.9. The lowest BCUT2D eigenvalue weighted by molar-refractivity contribution is -0.139. The quantitative estimate of drug-likeness (QED) is 0.216. The molecule has 0 radical (unpaired) electrons. The minimum absolute atomic E-state index is 0.0486. The van der Waals surface area contributed by atoms with E-state index in [9.17, 15) is 9.59 Å².